The minimum Gasteiger partial charge on any atom is -0.493 e. The predicted molar refractivity (Wildman–Crippen MR) is 179 cm³/mol. The summed E-state index contributed by atoms with van der Waals surface area (Å²) < 4.78 is 28.8. The zero-order valence-corrected chi connectivity index (χ0v) is 28.5. The number of methoxy groups -OCH3 is 1. The lowest BCUT2D eigenvalue weighted by Crippen LogP contribution is -2.45. The number of urea groups is 1. The van der Waals surface area contributed by atoms with Crippen molar-refractivity contribution in [3.05, 3.63) is 92.1 Å². The summed E-state index contributed by atoms with van der Waals surface area (Å²) in [5.74, 6) is 0.476. The molecule has 3 N–H and O–H groups in total. The summed E-state index contributed by atoms with van der Waals surface area (Å²) >= 11 is 9.79. The minimum absolute atomic E-state index is 0.177. The summed E-state index contributed by atoms with van der Waals surface area (Å²) in [5, 5.41) is 9.97. The fraction of sp³-hybridized carbons (Fsp3) is 0.273. The highest BCUT2D eigenvalue weighted by molar-refractivity contribution is 9.10. The van der Waals surface area contributed by atoms with Gasteiger partial charge < -0.3 is 34.3 Å². The molecule has 0 bridgehead atoms. The van der Waals surface area contributed by atoms with Crippen molar-refractivity contribution in [2.45, 2.75) is 33.4 Å². The molecule has 3 aromatic carbocycles. The molecule has 0 aliphatic carbocycles. The van der Waals surface area contributed by atoms with Gasteiger partial charge in [0, 0.05) is 16.3 Å². The number of ether oxygens (including phenoxy) is 5. The van der Waals surface area contributed by atoms with Crippen molar-refractivity contribution in [3.8, 4) is 23.0 Å². The van der Waals surface area contributed by atoms with E-state index in [1.807, 2.05) is 25.1 Å². The maximum absolute atomic E-state index is 12.6. The maximum atomic E-state index is 12.6. The lowest BCUT2D eigenvalue weighted by atomic mass is 9.95. The molecule has 0 saturated carbocycles. The number of benzene rings is 3. The second-order valence-corrected chi connectivity index (χ2v) is 11.2. The summed E-state index contributed by atoms with van der Waals surface area (Å²) in [7, 11) is 1.44. The highest BCUT2D eigenvalue weighted by atomic mass is 79.9. The second-order valence-electron chi connectivity index (χ2n) is 9.93. The molecule has 0 spiro atoms. The van der Waals surface area contributed by atoms with Gasteiger partial charge in [-0.25, -0.2) is 15.0 Å². The van der Waals surface area contributed by atoms with Crippen LogP contribution < -0.4 is 35.0 Å². The molecule has 0 radical (unpaired) electrons. The summed E-state index contributed by atoms with van der Waals surface area (Å²) in [4.78, 5) is 37.4. The normalized spacial score (nSPS) is 14.3. The van der Waals surface area contributed by atoms with Crippen molar-refractivity contribution in [2.75, 3.05) is 26.9 Å². The Morgan fingerprint density at radius 3 is 2.53 bits per heavy atom. The Kier molecular flexibility index (Phi) is 12.5. The van der Waals surface area contributed by atoms with Gasteiger partial charge in [0.1, 0.15) is 6.61 Å². The molecule has 3 amide bonds. The Balaban J connectivity index is 1.39. The smallest absolute Gasteiger partial charge is 0.338 e. The van der Waals surface area contributed by atoms with E-state index in [0.29, 0.717) is 44.4 Å². The first-order chi connectivity index (χ1) is 22.6. The maximum Gasteiger partial charge on any atom is 0.338 e. The third-order valence-electron chi connectivity index (χ3n) is 6.71. The number of amides is 3. The quantitative estimate of drug-likeness (QED) is 0.107. The number of nitrogens with zero attached hydrogens (tertiary/aromatic N) is 1. The van der Waals surface area contributed by atoms with Crippen molar-refractivity contribution in [1.29, 1.82) is 0 Å². The van der Waals surface area contributed by atoms with Gasteiger partial charge in [0.2, 0.25) is 0 Å². The Bertz CT molecular complexity index is 1700. The third-order valence-corrected chi connectivity index (χ3v) is 7.67. The van der Waals surface area contributed by atoms with Crippen LogP contribution >= 0.6 is 27.5 Å². The van der Waals surface area contributed by atoms with E-state index >= 15 is 0 Å². The van der Waals surface area contributed by atoms with E-state index in [4.69, 9.17) is 35.3 Å². The number of hydrogen-bond acceptors (Lipinski definition) is 9. The first-order valence-electron chi connectivity index (χ1n) is 14.6. The van der Waals surface area contributed by atoms with Crippen LogP contribution in [0.5, 0.6) is 23.0 Å². The molecule has 14 heteroatoms. The predicted octanol–water partition coefficient (Wildman–Crippen LogP) is 5.81. The Hall–Kier alpha value is -4.75. The summed E-state index contributed by atoms with van der Waals surface area (Å²) in [6, 6.07) is 14.5. The topological polar surface area (TPSA) is 146 Å². The average Bonchev–Trinajstić information content (AvgIpc) is 3.04. The van der Waals surface area contributed by atoms with E-state index in [9.17, 15) is 14.4 Å². The van der Waals surface area contributed by atoms with Gasteiger partial charge in [0.15, 0.2) is 29.6 Å². The Labute approximate surface area is 285 Å². The van der Waals surface area contributed by atoms with Crippen molar-refractivity contribution in [2.24, 2.45) is 5.10 Å². The van der Waals surface area contributed by atoms with Crippen LogP contribution in [0.15, 0.2) is 75.4 Å². The van der Waals surface area contributed by atoms with E-state index in [2.05, 4.69) is 37.1 Å². The first-order valence-corrected chi connectivity index (χ1v) is 15.7. The standard InChI is InChI=1S/C33H34BrClN4O8/c1-5-44-27-14-20(13-23(34)31(27)47-17-22-9-7-8-10-24(22)35)16-36-39-28(40)18-46-25-12-11-21(15-26(25)43-4)30-29(32(41)45-6-2)19(3)37-33(42)38-30/h7-16,30H,5-6,17-18H2,1-4H3,(H,39,40)(H2,37,38,42)/b36-16-/t30-/m0/s1. The van der Waals surface area contributed by atoms with Crippen molar-refractivity contribution in [1.82, 2.24) is 16.1 Å². The molecule has 248 valence electrons. The van der Waals surface area contributed by atoms with Gasteiger partial charge in [-0.2, -0.15) is 5.10 Å². The van der Waals surface area contributed by atoms with Crippen LogP contribution in [-0.2, 0) is 20.9 Å². The second kappa shape index (κ2) is 16.7. The summed E-state index contributed by atoms with van der Waals surface area (Å²) in [5.41, 5.74) is 5.10. The van der Waals surface area contributed by atoms with E-state index in [-0.39, 0.29) is 36.9 Å². The van der Waals surface area contributed by atoms with Crippen molar-refractivity contribution < 1.29 is 38.1 Å². The fourth-order valence-corrected chi connectivity index (χ4v) is 5.36. The SMILES string of the molecule is CCOC(=O)C1=C(C)NC(=O)N[C@H]1c1ccc(OCC(=O)N/N=C\c2cc(Br)c(OCc3ccccc3Cl)c(OCC)c2)c(OC)c1. The number of nitrogens with one attached hydrogen (secondary N) is 3. The lowest BCUT2D eigenvalue weighted by Gasteiger charge is -2.28. The van der Waals surface area contributed by atoms with Crippen molar-refractivity contribution >= 4 is 51.7 Å². The molecule has 1 aliphatic heterocycles. The number of hydrogen-bond donors (Lipinski definition) is 3. The van der Waals surface area contributed by atoms with Crippen LogP contribution in [0.2, 0.25) is 5.02 Å². The van der Waals surface area contributed by atoms with Crippen LogP contribution in [0, 0.1) is 0 Å². The van der Waals surface area contributed by atoms with Crippen LogP contribution in [0.3, 0.4) is 0 Å². The van der Waals surface area contributed by atoms with Gasteiger partial charge in [-0.3, -0.25) is 4.79 Å². The summed E-state index contributed by atoms with van der Waals surface area (Å²) in [6.07, 6.45) is 1.46. The molecule has 1 atom stereocenters. The Morgan fingerprint density at radius 1 is 1.02 bits per heavy atom. The molecule has 1 heterocycles. The third kappa shape index (κ3) is 9.17. The monoisotopic (exact) mass is 728 g/mol. The molecular weight excluding hydrogens is 696 g/mol. The number of carbonyl (C=O) groups excluding carboxylic acids is 3. The molecule has 0 aromatic heterocycles. The molecule has 3 aromatic rings. The molecule has 1 aliphatic rings. The summed E-state index contributed by atoms with van der Waals surface area (Å²) in [6.45, 7) is 5.64. The molecular formula is C33H34BrClN4O8. The van der Waals surface area contributed by atoms with Gasteiger partial charge in [0.05, 0.1) is 42.6 Å². The number of esters is 1. The van der Waals surface area contributed by atoms with E-state index in [1.165, 1.54) is 13.3 Å². The lowest BCUT2D eigenvalue weighted by molar-refractivity contribution is -0.139. The first kappa shape index (κ1) is 35.1. The highest BCUT2D eigenvalue weighted by Crippen LogP contribution is 2.38. The fourth-order valence-electron chi connectivity index (χ4n) is 4.59. The molecule has 0 unspecified atom stereocenters. The number of rotatable bonds is 14. The Morgan fingerprint density at radius 2 is 1.81 bits per heavy atom. The molecule has 12 nitrogen and oxygen atoms in total. The largest absolute Gasteiger partial charge is 0.493 e. The number of hydrazone groups is 1. The van der Waals surface area contributed by atoms with Gasteiger partial charge >= 0.3 is 12.0 Å². The van der Waals surface area contributed by atoms with Crippen LogP contribution in [-0.4, -0.2) is 51.1 Å². The zero-order chi connectivity index (χ0) is 33.9. The van der Waals surface area contributed by atoms with Crippen LogP contribution in [0.1, 0.15) is 43.5 Å². The highest BCUT2D eigenvalue weighted by Gasteiger charge is 2.32. The van der Waals surface area contributed by atoms with Gasteiger partial charge in [-0.05, 0) is 78.2 Å². The number of allylic oxidation sites excluding steroid dienone is 1. The van der Waals surface area contributed by atoms with Crippen LogP contribution in [0.4, 0.5) is 4.79 Å². The molecule has 0 fully saturated rings. The van der Waals surface area contributed by atoms with Crippen LogP contribution in [0.25, 0.3) is 0 Å². The van der Waals surface area contributed by atoms with Gasteiger partial charge in [-0.15, -0.1) is 0 Å². The number of carbonyl (C=O) groups is 3. The minimum atomic E-state index is -0.783. The van der Waals surface area contributed by atoms with E-state index in [0.717, 1.165) is 5.56 Å². The van der Waals surface area contributed by atoms with E-state index < -0.39 is 23.9 Å². The van der Waals surface area contributed by atoms with Gasteiger partial charge in [-0.1, -0.05) is 35.9 Å². The van der Waals surface area contributed by atoms with E-state index in [1.54, 1.807) is 50.2 Å². The molecule has 4 rings (SSSR count). The van der Waals surface area contributed by atoms with Gasteiger partial charge in [0.25, 0.3) is 5.91 Å². The number of halogens is 2. The van der Waals surface area contributed by atoms with Crippen molar-refractivity contribution in [3.63, 3.8) is 0 Å². The average molecular weight is 730 g/mol. The zero-order valence-electron chi connectivity index (χ0n) is 26.1. The molecule has 47 heavy (non-hydrogen) atoms. The molecule has 0 saturated heterocycles.